The number of nitrogens with zero attached hydrogens (tertiary/aromatic N) is 1. The van der Waals surface area contributed by atoms with E-state index >= 15 is 0 Å². The zero-order valence-corrected chi connectivity index (χ0v) is 11.3. The van der Waals surface area contributed by atoms with Crippen LogP contribution in [0.1, 0.15) is 25.0 Å². The monoisotopic (exact) mass is 287 g/mol. The molecule has 2 aliphatic rings. The molecule has 6 nitrogen and oxygen atoms in total. The number of fused-ring (bicyclic) bond motifs is 1. The van der Waals surface area contributed by atoms with Gasteiger partial charge in [0.1, 0.15) is 12.4 Å². The number of hydrogen-bond donors (Lipinski definition) is 1. The fourth-order valence-corrected chi connectivity index (χ4v) is 4.48. The lowest BCUT2D eigenvalue weighted by molar-refractivity contribution is -0.0246. The summed E-state index contributed by atoms with van der Waals surface area (Å²) in [6, 6.07) is 2.81. The third-order valence-corrected chi connectivity index (χ3v) is 5.59. The summed E-state index contributed by atoms with van der Waals surface area (Å²) in [5.41, 5.74) is 0. The quantitative estimate of drug-likeness (QED) is 0.886. The standard InChI is InChI=1S/C12H17NO5S/c14-8-9-4-5-12(18-9)19(15,16)13-6-7-17-11-3-1-2-10(11)13/h4-5,10-11,14H,1-3,6-8H2. The molecule has 2 heterocycles. The van der Waals surface area contributed by atoms with Gasteiger partial charge in [0.05, 0.1) is 18.8 Å². The Bertz CT molecular complexity index is 552. The zero-order chi connectivity index (χ0) is 13.5. The molecule has 1 saturated carbocycles. The van der Waals surface area contributed by atoms with Crippen LogP contribution in [0.25, 0.3) is 0 Å². The van der Waals surface area contributed by atoms with Crippen molar-refractivity contribution in [1.82, 2.24) is 4.31 Å². The van der Waals surface area contributed by atoms with Crippen molar-refractivity contribution in [2.75, 3.05) is 13.2 Å². The van der Waals surface area contributed by atoms with Crippen LogP contribution in [0.2, 0.25) is 0 Å². The van der Waals surface area contributed by atoms with Crippen LogP contribution in [0.15, 0.2) is 21.6 Å². The van der Waals surface area contributed by atoms with Crippen LogP contribution in [0.5, 0.6) is 0 Å². The Hall–Kier alpha value is -0.890. The maximum Gasteiger partial charge on any atom is 0.276 e. The summed E-state index contributed by atoms with van der Waals surface area (Å²) in [5.74, 6) is 0.259. The van der Waals surface area contributed by atoms with Crippen molar-refractivity contribution in [1.29, 1.82) is 0 Å². The SMILES string of the molecule is O=S(=O)(c1ccc(CO)o1)N1CCOC2CCCC21. The van der Waals surface area contributed by atoms with Gasteiger partial charge in [0, 0.05) is 6.54 Å². The van der Waals surface area contributed by atoms with Crippen molar-refractivity contribution in [2.45, 2.75) is 43.1 Å². The van der Waals surface area contributed by atoms with Gasteiger partial charge in [-0.1, -0.05) is 0 Å². The highest BCUT2D eigenvalue weighted by Gasteiger charge is 2.43. The summed E-state index contributed by atoms with van der Waals surface area (Å²) in [7, 11) is -3.63. The highest BCUT2D eigenvalue weighted by atomic mass is 32.2. The number of hydrogen-bond acceptors (Lipinski definition) is 5. The predicted molar refractivity (Wildman–Crippen MR) is 65.9 cm³/mol. The lowest BCUT2D eigenvalue weighted by atomic mass is 10.2. The first kappa shape index (κ1) is 13.1. The van der Waals surface area contributed by atoms with Crippen molar-refractivity contribution in [3.05, 3.63) is 17.9 Å². The zero-order valence-electron chi connectivity index (χ0n) is 10.5. The topological polar surface area (TPSA) is 80.0 Å². The number of morpholine rings is 1. The molecule has 1 aliphatic carbocycles. The van der Waals surface area contributed by atoms with E-state index in [-0.39, 0.29) is 29.6 Å². The highest BCUT2D eigenvalue weighted by Crippen LogP contribution is 2.33. The van der Waals surface area contributed by atoms with E-state index in [1.165, 1.54) is 16.4 Å². The van der Waals surface area contributed by atoms with Gasteiger partial charge < -0.3 is 14.3 Å². The van der Waals surface area contributed by atoms with Crippen LogP contribution in [0, 0.1) is 0 Å². The first-order valence-corrected chi connectivity index (χ1v) is 7.90. The molecular formula is C12H17NO5S. The third-order valence-electron chi connectivity index (χ3n) is 3.79. The Kier molecular flexibility index (Phi) is 3.38. The Morgan fingerprint density at radius 2 is 2.21 bits per heavy atom. The van der Waals surface area contributed by atoms with Crippen LogP contribution < -0.4 is 0 Å². The van der Waals surface area contributed by atoms with Gasteiger partial charge in [-0.3, -0.25) is 0 Å². The largest absolute Gasteiger partial charge is 0.446 e. The number of sulfonamides is 1. The molecule has 0 bridgehead atoms. The van der Waals surface area contributed by atoms with E-state index in [2.05, 4.69) is 0 Å². The molecule has 1 N–H and O–H groups in total. The fourth-order valence-electron chi connectivity index (χ4n) is 2.89. The highest BCUT2D eigenvalue weighted by molar-refractivity contribution is 7.89. The summed E-state index contributed by atoms with van der Waals surface area (Å²) in [4.78, 5) is 0. The van der Waals surface area contributed by atoms with Gasteiger partial charge in [-0.15, -0.1) is 0 Å². The van der Waals surface area contributed by atoms with Crippen LogP contribution in [0.3, 0.4) is 0 Å². The molecule has 1 saturated heterocycles. The molecule has 7 heteroatoms. The summed E-state index contributed by atoms with van der Waals surface area (Å²) in [5, 5.41) is 8.86. The molecule has 19 heavy (non-hydrogen) atoms. The summed E-state index contributed by atoms with van der Waals surface area (Å²) in [6.45, 7) is 0.483. The molecule has 106 valence electrons. The molecule has 0 amide bonds. The molecular weight excluding hydrogens is 270 g/mol. The summed E-state index contributed by atoms with van der Waals surface area (Å²) in [6.07, 6.45) is 2.74. The maximum absolute atomic E-state index is 12.6. The number of ether oxygens (including phenoxy) is 1. The van der Waals surface area contributed by atoms with Crippen molar-refractivity contribution < 1.29 is 22.7 Å². The Labute approximate surface area is 112 Å². The van der Waals surface area contributed by atoms with Crippen molar-refractivity contribution in [2.24, 2.45) is 0 Å². The molecule has 2 fully saturated rings. The lowest BCUT2D eigenvalue weighted by Crippen LogP contribution is -2.51. The van der Waals surface area contributed by atoms with Gasteiger partial charge in [-0.05, 0) is 31.4 Å². The molecule has 1 aromatic rings. The predicted octanol–water partition coefficient (Wildman–Crippen LogP) is 0.714. The second kappa shape index (κ2) is 4.90. The van der Waals surface area contributed by atoms with Gasteiger partial charge in [-0.2, -0.15) is 4.31 Å². The second-order valence-corrected chi connectivity index (χ2v) is 6.72. The molecule has 1 aliphatic heterocycles. The molecule has 0 spiro atoms. The smallest absolute Gasteiger partial charge is 0.276 e. The Balaban J connectivity index is 1.90. The summed E-state index contributed by atoms with van der Waals surface area (Å²) >= 11 is 0. The minimum atomic E-state index is -3.63. The molecule has 0 aromatic carbocycles. The number of aliphatic hydroxyl groups is 1. The van der Waals surface area contributed by atoms with E-state index in [9.17, 15) is 8.42 Å². The van der Waals surface area contributed by atoms with E-state index in [4.69, 9.17) is 14.3 Å². The van der Waals surface area contributed by atoms with Crippen LogP contribution in [0.4, 0.5) is 0 Å². The molecule has 0 radical (unpaired) electrons. The molecule has 2 atom stereocenters. The van der Waals surface area contributed by atoms with Gasteiger partial charge >= 0.3 is 0 Å². The minimum absolute atomic E-state index is 0.01000. The minimum Gasteiger partial charge on any atom is -0.446 e. The third kappa shape index (κ3) is 2.20. The number of furan rings is 1. The molecule has 2 unspecified atom stereocenters. The van der Waals surface area contributed by atoms with Gasteiger partial charge in [0.15, 0.2) is 0 Å². The maximum atomic E-state index is 12.6. The van der Waals surface area contributed by atoms with Gasteiger partial charge in [0.25, 0.3) is 10.0 Å². The first-order valence-electron chi connectivity index (χ1n) is 6.46. The van der Waals surface area contributed by atoms with E-state index in [0.29, 0.717) is 13.2 Å². The lowest BCUT2D eigenvalue weighted by Gasteiger charge is -2.35. The second-order valence-electron chi connectivity index (χ2n) is 4.90. The van der Waals surface area contributed by atoms with E-state index < -0.39 is 10.0 Å². The van der Waals surface area contributed by atoms with E-state index in [0.717, 1.165) is 19.3 Å². The van der Waals surface area contributed by atoms with Crippen molar-refractivity contribution in [3.8, 4) is 0 Å². The molecule has 3 rings (SSSR count). The summed E-state index contributed by atoms with van der Waals surface area (Å²) < 4.78 is 37.4. The Morgan fingerprint density at radius 3 is 2.95 bits per heavy atom. The first-order chi connectivity index (χ1) is 9.13. The Morgan fingerprint density at radius 1 is 1.37 bits per heavy atom. The normalized spacial score (nSPS) is 28.5. The van der Waals surface area contributed by atoms with Crippen LogP contribution in [-0.4, -0.2) is 43.1 Å². The van der Waals surface area contributed by atoms with Crippen molar-refractivity contribution >= 4 is 10.0 Å². The number of rotatable bonds is 3. The average Bonchev–Trinajstić information content (AvgIpc) is 3.06. The number of aliphatic hydroxyl groups excluding tert-OH is 1. The fraction of sp³-hybridized carbons (Fsp3) is 0.667. The van der Waals surface area contributed by atoms with Gasteiger partial charge in [-0.25, -0.2) is 8.42 Å². The van der Waals surface area contributed by atoms with E-state index in [1.807, 2.05) is 0 Å². The van der Waals surface area contributed by atoms with Crippen LogP contribution >= 0.6 is 0 Å². The average molecular weight is 287 g/mol. The van der Waals surface area contributed by atoms with Gasteiger partial charge in [0.2, 0.25) is 5.09 Å². The molecule has 1 aromatic heterocycles. The van der Waals surface area contributed by atoms with E-state index in [1.54, 1.807) is 0 Å². The van der Waals surface area contributed by atoms with Crippen molar-refractivity contribution in [3.63, 3.8) is 0 Å². The van der Waals surface area contributed by atoms with Crippen LogP contribution in [-0.2, 0) is 21.4 Å².